The van der Waals surface area contributed by atoms with Gasteiger partial charge in [-0.1, -0.05) is 6.92 Å². The third-order valence-corrected chi connectivity index (χ3v) is 2.16. The molecule has 3 N–H and O–H groups in total. The Morgan fingerprint density at radius 3 is 2.87 bits per heavy atom. The number of hydrazine groups is 1. The van der Waals surface area contributed by atoms with Crippen molar-refractivity contribution in [2.45, 2.75) is 13.3 Å². The monoisotopic (exact) mass is 206 g/mol. The van der Waals surface area contributed by atoms with Gasteiger partial charge in [-0.3, -0.25) is 0 Å². The van der Waals surface area contributed by atoms with E-state index in [4.69, 9.17) is 5.84 Å². The second-order valence-electron chi connectivity index (χ2n) is 3.15. The molecule has 0 unspecified atom stereocenters. The van der Waals surface area contributed by atoms with E-state index in [1.807, 2.05) is 6.92 Å². The summed E-state index contributed by atoms with van der Waals surface area (Å²) in [6.07, 6.45) is 0.710. The van der Waals surface area contributed by atoms with Gasteiger partial charge in [-0.15, -0.1) is 0 Å². The minimum absolute atomic E-state index is 0.327. The number of nitrogens with zero attached hydrogens (tertiary/aromatic N) is 2. The molecule has 0 saturated carbocycles. The zero-order chi connectivity index (χ0) is 10.8. The number of nitrogens with one attached hydrogen (secondary N) is 1. The highest BCUT2D eigenvalue weighted by atomic mass is 19.1. The fraction of sp³-hybridized carbons (Fsp3) is 0.200. The number of fused-ring (bicyclic) bond motifs is 1. The van der Waals surface area contributed by atoms with Crippen molar-refractivity contribution in [2.24, 2.45) is 5.84 Å². The zero-order valence-electron chi connectivity index (χ0n) is 8.29. The average Bonchev–Trinajstić information content (AvgIpc) is 2.27. The molecule has 0 saturated heterocycles. The average molecular weight is 206 g/mol. The lowest BCUT2D eigenvalue weighted by Crippen LogP contribution is -2.11. The summed E-state index contributed by atoms with van der Waals surface area (Å²) < 4.78 is 13.0. The molecule has 1 aromatic carbocycles. The van der Waals surface area contributed by atoms with Gasteiger partial charge in [0.15, 0.2) is 5.82 Å². The molecule has 0 aliphatic rings. The molecule has 1 aromatic heterocycles. The van der Waals surface area contributed by atoms with Gasteiger partial charge in [0.05, 0.1) is 5.52 Å². The molecule has 0 aliphatic heterocycles. The number of nitrogen functional groups attached to an aromatic ring is 1. The first-order valence-electron chi connectivity index (χ1n) is 4.67. The highest BCUT2D eigenvalue weighted by molar-refractivity contribution is 5.88. The first-order valence-corrected chi connectivity index (χ1v) is 4.67. The number of halogens is 1. The lowest BCUT2D eigenvalue weighted by Gasteiger charge is -2.06. The predicted octanol–water partition coefficient (Wildman–Crippen LogP) is 1.62. The smallest absolute Gasteiger partial charge is 0.151 e. The number of aryl methyl sites for hydroxylation is 1. The summed E-state index contributed by atoms with van der Waals surface area (Å²) in [6, 6.07) is 4.35. The van der Waals surface area contributed by atoms with Crippen molar-refractivity contribution in [3.63, 3.8) is 0 Å². The molecular formula is C10H11FN4. The lowest BCUT2D eigenvalue weighted by molar-refractivity contribution is 0.629. The van der Waals surface area contributed by atoms with E-state index in [0.29, 0.717) is 29.0 Å². The Kier molecular flexibility index (Phi) is 2.47. The standard InChI is InChI=1S/C10H11FN4/c1-2-9-13-8-4-3-6(11)5-7(8)10(14-9)15-12/h3-5H,2,12H2,1H3,(H,13,14,15). The first kappa shape index (κ1) is 9.79. The topological polar surface area (TPSA) is 63.8 Å². The third-order valence-electron chi connectivity index (χ3n) is 2.16. The van der Waals surface area contributed by atoms with Crippen molar-refractivity contribution in [1.82, 2.24) is 9.97 Å². The number of hydrogen-bond acceptors (Lipinski definition) is 4. The van der Waals surface area contributed by atoms with Crippen LogP contribution < -0.4 is 11.3 Å². The van der Waals surface area contributed by atoms with Crippen molar-refractivity contribution < 1.29 is 4.39 Å². The molecule has 0 radical (unpaired) electrons. The second-order valence-corrected chi connectivity index (χ2v) is 3.15. The molecule has 5 heteroatoms. The first-order chi connectivity index (χ1) is 7.24. The summed E-state index contributed by atoms with van der Waals surface area (Å²) in [5.41, 5.74) is 3.15. The highest BCUT2D eigenvalue weighted by Crippen LogP contribution is 2.20. The molecule has 0 amide bonds. The molecule has 2 aromatic rings. The third kappa shape index (κ3) is 1.73. The molecule has 0 aliphatic carbocycles. The molecule has 78 valence electrons. The summed E-state index contributed by atoms with van der Waals surface area (Å²) in [5, 5.41) is 0.592. The van der Waals surface area contributed by atoms with Crippen LogP contribution in [0.5, 0.6) is 0 Å². The van der Waals surface area contributed by atoms with E-state index in [2.05, 4.69) is 15.4 Å². The summed E-state index contributed by atoms with van der Waals surface area (Å²) in [6.45, 7) is 1.95. The Hall–Kier alpha value is -1.75. The van der Waals surface area contributed by atoms with Crippen LogP contribution in [0.15, 0.2) is 18.2 Å². The Bertz CT molecular complexity index is 498. The van der Waals surface area contributed by atoms with Crippen LogP contribution in [0.2, 0.25) is 0 Å². The van der Waals surface area contributed by atoms with Gasteiger partial charge in [-0.25, -0.2) is 20.2 Å². The van der Waals surface area contributed by atoms with Crippen molar-refractivity contribution in [3.05, 3.63) is 29.8 Å². The Balaban J connectivity index is 2.75. The summed E-state index contributed by atoms with van der Waals surface area (Å²) in [5.74, 6) is 6.14. The molecule has 0 bridgehead atoms. The highest BCUT2D eigenvalue weighted by Gasteiger charge is 2.06. The molecule has 0 atom stereocenters. The van der Waals surface area contributed by atoms with Gasteiger partial charge in [0.2, 0.25) is 0 Å². The second kappa shape index (κ2) is 3.78. The molecule has 1 heterocycles. The zero-order valence-corrected chi connectivity index (χ0v) is 8.29. The van der Waals surface area contributed by atoms with Crippen LogP contribution in [-0.4, -0.2) is 9.97 Å². The lowest BCUT2D eigenvalue weighted by atomic mass is 10.2. The number of benzene rings is 1. The number of nitrogens with two attached hydrogens (primary N) is 1. The maximum atomic E-state index is 13.0. The van der Waals surface area contributed by atoms with E-state index < -0.39 is 0 Å². The van der Waals surface area contributed by atoms with Crippen LogP contribution >= 0.6 is 0 Å². The Morgan fingerprint density at radius 1 is 1.40 bits per heavy atom. The Labute approximate surface area is 86.3 Å². The summed E-state index contributed by atoms with van der Waals surface area (Å²) in [4.78, 5) is 8.44. The van der Waals surface area contributed by atoms with Crippen LogP contribution in [-0.2, 0) is 6.42 Å². The maximum Gasteiger partial charge on any atom is 0.151 e. The van der Waals surface area contributed by atoms with Gasteiger partial charge in [0.1, 0.15) is 11.6 Å². The number of hydrogen-bond donors (Lipinski definition) is 2. The van der Waals surface area contributed by atoms with Gasteiger partial charge in [0, 0.05) is 11.8 Å². The quantitative estimate of drug-likeness (QED) is 0.579. The largest absolute Gasteiger partial charge is 0.308 e. The van der Waals surface area contributed by atoms with Crippen LogP contribution in [0, 0.1) is 5.82 Å². The minimum Gasteiger partial charge on any atom is -0.308 e. The summed E-state index contributed by atoms with van der Waals surface area (Å²) in [7, 11) is 0. The van der Waals surface area contributed by atoms with Crippen molar-refractivity contribution >= 4 is 16.7 Å². The predicted molar refractivity (Wildman–Crippen MR) is 56.7 cm³/mol. The molecule has 15 heavy (non-hydrogen) atoms. The van der Waals surface area contributed by atoms with Crippen LogP contribution in [0.3, 0.4) is 0 Å². The fourth-order valence-electron chi connectivity index (χ4n) is 1.42. The van der Waals surface area contributed by atoms with E-state index >= 15 is 0 Å². The SMILES string of the molecule is CCc1nc(NN)c2cc(F)ccc2n1. The van der Waals surface area contributed by atoms with E-state index in [0.717, 1.165) is 0 Å². The van der Waals surface area contributed by atoms with Gasteiger partial charge in [-0.05, 0) is 18.2 Å². The number of aromatic nitrogens is 2. The maximum absolute atomic E-state index is 13.0. The van der Waals surface area contributed by atoms with Crippen LogP contribution in [0.25, 0.3) is 10.9 Å². The van der Waals surface area contributed by atoms with Crippen LogP contribution in [0.1, 0.15) is 12.7 Å². The minimum atomic E-state index is -0.327. The molecule has 4 nitrogen and oxygen atoms in total. The number of rotatable bonds is 2. The Morgan fingerprint density at radius 2 is 2.20 bits per heavy atom. The van der Waals surface area contributed by atoms with Crippen molar-refractivity contribution in [2.75, 3.05) is 5.43 Å². The van der Waals surface area contributed by atoms with E-state index in [1.165, 1.54) is 12.1 Å². The molecule has 0 spiro atoms. The van der Waals surface area contributed by atoms with E-state index in [-0.39, 0.29) is 5.82 Å². The van der Waals surface area contributed by atoms with Crippen molar-refractivity contribution in [1.29, 1.82) is 0 Å². The van der Waals surface area contributed by atoms with Gasteiger partial charge in [0.25, 0.3) is 0 Å². The van der Waals surface area contributed by atoms with Gasteiger partial charge >= 0.3 is 0 Å². The molecular weight excluding hydrogens is 195 g/mol. The van der Waals surface area contributed by atoms with Gasteiger partial charge in [-0.2, -0.15) is 0 Å². The van der Waals surface area contributed by atoms with Crippen molar-refractivity contribution in [3.8, 4) is 0 Å². The van der Waals surface area contributed by atoms with E-state index in [1.54, 1.807) is 6.07 Å². The number of anilines is 1. The normalized spacial score (nSPS) is 10.6. The van der Waals surface area contributed by atoms with Gasteiger partial charge < -0.3 is 5.43 Å². The summed E-state index contributed by atoms with van der Waals surface area (Å²) >= 11 is 0. The molecule has 0 fully saturated rings. The molecule has 2 rings (SSSR count). The van der Waals surface area contributed by atoms with Crippen LogP contribution in [0.4, 0.5) is 10.2 Å². The fourth-order valence-corrected chi connectivity index (χ4v) is 1.42. The van der Waals surface area contributed by atoms with E-state index in [9.17, 15) is 4.39 Å².